The summed E-state index contributed by atoms with van der Waals surface area (Å²) in [4.78, 5) is 48.5. The Bertz CT molecular complexity index is 1440. The van der Waals surface area contributed by atoms with Crippen LogP contribution in [-0.4, -0.2) is 66.5 Å². The second-order valence-corrected chi connectivity index (χ2v) is 20.9. The largest absolute Gasteiger partial charge is 0.472 e. The highest BCUT2D eigenvalue weighted by atomic mass is 31.2. The van der Waals surface area contributed by atoms with Crippen LogP contribution >= 0.6 is 7.82 Å². The van der Waals surface area contributed by atoms with Gasteiger partial charge in [-0.05, 0) is 103 Å². The highest BCUT2D eigenvalue weighted by Crippen LogP contribution is 2.43. The topological polar surface area (TPSA) is 155 Å². The number of allylic oxidation sites excluding steroid dienone is 10. The molecule has 0 saturated carbocycles. The van der Waals surface area contributed by atoms with Gasteiger partial charge in [-0.1, -0.05) is 204 Å². The molecule has 0 aliphatic carbocycles. The number of phosphoric ester groups is 1. The predicted molar refractivity (Wildman–Crippen MR) is 298 cm³/mol. The number of hydrogen-bond acceptors (Lipinski definition) is 10. The molecule has 0 fully saturated rings. The van der Waals surface area contributed by atoms with Gasteiger partial charge in [0.25, 0.3) is 0 Å². The maximum atomic E-state index is 12.9. The molecule has 2 N–H and O–H groups in total. The number of hydrogen-bond donors (Lipinski definition) is 2. The van der Waals surface area contributed by atoms with Crippen molar-refractivity contribution in [3.8, 4) is 0 Å². The van der Waals surface area contributed by atoms with Crippen LogP contribution in [0.2, 0.25) is 0 Å². The van der Waals surface area contributed by atoms with Crippen molar-refractivity contribution in [2.24, 2.45) is 0 Å². The van der Waals surface area contributed by atoms with Crippen molar-refractivity contribution in [3.05, 3.63) is 60.8 Å². The molecule has 0 amide bonds. The third-order valence-electron chi connectivity index (χ3n) is 12.4. The third-order valence-corrected chi connectivity index (χ3v) is 13.3. The second-order valence-electron chi connectivity index (χ2n) is 19.4. The van der Waals surface area contributed by atoms with Gasteiger partial charge in [-0.2, -0.15) is 0 Å². The summed E-state index contributed by atoms with van der Waals surface area (Å²) in [6, 6.07) is 0. The molecule has 12 heteroatoms. The summed E-state index contributed by atoms with van der Waals surface area (Å²) < 4.78 is 39.5. The van der Waals surface area contributed by atoms with Crippen LogP contribution in [0.15, 0.2) is 60.8 Å². The maximum Gasteiger partial charge on any atom is 0.472 e. The van der Waals surface area contributed by atoms with Crippen molar-refractivity contribution >= 4 is 25.7 Å². The van der Waals surface area contributed by atoms with Crippen LogP contribution in [0.5, 0.6) is 0 Å². The molecule has 0 bridgehead atoms. The average molecular weight is 1040 g/mol. The summed E-state index contributed by atoms with van der Waals surface area (Å²) in [5, 5.41) is 9.81. The van der Waals surface area contributed by atoms with E-state index in [0.29, 0.717) is 19.3 Å². The number of phosphoric acid groups is 1. The van der Waals surface area contributed by atoms with E-state index in [-0.39, 0.29) is 25.9 Å². The Morgan fingerprint density at radius 3 is 1.14 bits per heavy atom. The Kier molecular flexibility index (Phi) is 52.3. The molecular weight excluding hydrogens is 928 g/mol. The molecule has 0 radical (unpaired) electrons. The fourth-order valence-electron chi connectivity index (χ4n) is 7.95. The van der Waals surface area contributed by atoms with E-state index in [1.54, 1.807) is 0 Å². The van der Waals surface area contributed by atoms with Crippen molar-refractivity contribution in [3.63, 3.8) is 0 Å². The van der Waals surface area contributed by atoms with E-state index in [2.05, 4.69) is 81.5 Å². The first kappa shape index (κ1) is 69.2. The Morgan fingerprint density at radius 2 is 0.722 bits per heavy atom. The van der Waals surface area contributed by atoms with Crippen LogP contribution in [0.25, 0.3) is 0 Å². The Labute approximate surface area is 440 Å². The van der Waals surface area contributed by atoms with Crippen LogP contribution in [0.3, 0.4) is 0 Å². The standard InChI is InChI=1S/C60H107O11P/c1-4-7-10-13-16-19-22-25-27-28-30-33-36-39-42-45-48-51-60(64)71-57(53-67-58(62)49-46-43-40-37-34-31-24-21-18-15-12-9-6-3)55-69-72(65,66)68-54-56(52-61)70-59(63)50-47-44-41-38-35-32-29-26-23-20-17-14-11-8-5-2/h9,12,18,21,25-27,29,31,34,56-57,61H,4-8,10-11,13-17,19-20,22-24,28,30,32-33,35-55H2,1-3H3,(H,65,66)/b12-9-,21-18-,27-25-,29-26-,34-31-. The van der Waals surface area contributed by atoms with Gasteiger partial charge in [0.05, 0.1) is 19.8 Å². The number of aliphatic hydroxyl groups excluding tert-OH is 1. The SMILES string of the molecule is CC/C=C\C/C=C\C/C=C\CCCCCC(=O)OCC(COP(=O)(O)OCC(CO)OC(=O)CCCCCCC/C=C\CCCCCCCC)OC(=O)CCCCCCCCC/C=C\CCCCCCCC. The number of carbonyl (C=O) groups excluding carboxylic acids is 3. The van der Waals surface area contributed by atoms with Crippen molar-refractivity contribution in [1.29, 1.82) is 0 Å². The lowest BCUT2D eigenvalue weighted by atomic mass is 10.1. The molecule has 0 aliphatic rings. The number of ether oxygens (including phenoxy) is 3. The number of esters is 3. The van der Waals surface area contributed by atoms with Crippen LogP contribution in [0, 0.1) is 0 Å². The van der Waals surface area contributed by atoms with Crippen LogP contribution in [0.1, 0.15) is 265 Å². The number of aliphatic hydroxyl groups is 1. The lowest BCUT2D eigenvalue weighted by Gasteiger charge is -2.21. The van der Waals surface area contributed by atoms with Gasteiger partial charge in [-0.25, -0.2) is 4.57 Å². The molecule has 0 saturated heterocycles. The summed E-state index contributed by atoms with van der Waals surface area (Å²) in [6.07, 6.45) is 58.9. The molecule has 3 atom stereocenters. The highest BCUT2D eigenvalue weighted by molar-refractivity contribution is 7.47. The minimum Gasteiger partial charge on any atom is -0.462 e. The van der Waals surface area contributed by atoms with E-state index in [1.165, 1.54) is 96.3 Å². The molecule has 0 rings (SSSR count). The molecule has 0 spiro atoms. The number of rotatable bonds is 54. The van der Waals surface area contributed by atoms with Gasteiger partial charge in [-0.3, -0.25) is 23.4 Å². The Balaban J connectivity index is 4.73. The molecule has 0 heterocycles. The van der Waals surface area contributed by atoms with Gasteiger partial charge in [0.2, 0.25) is 0 Å². The zero-order chi connectivity index (χ0) is 52.7. The van der Waals surface area contributed by atoms with E-state index in [9.17, 15) is 28.9 Å². The monoisotopic (exact) mass is 1030 g/mol. The minimum atomic E-state index is -4.76. The van der Waals surface area contributed by atoms with Gasteiger partial charge >= 0.3 is 25.7 Å². The first-order valence-electron chi connectivity index (χ1n) is 29.2. The maximum absolute atomic E-state index is 12.9. The molecule has 0 aromatic heterocycles. The third kappa shape index (κ3) is 52.1. The minimum absolute atomic E-state index is 0.155. The average Bonchev–Trinajstić information content (AvgIpc) is 3.37. The lowest BCUT2D eigenvalue weighted by Crippen LogP contribution is -2.30. The summed E-state index contributed by atoms with van der Waals surface area (Å²) in [6.45, 7) is 4.49. The van der Waals surface area contributed by atoms with Crippen molar-refractivity contribution in [2.45, 2.75) is 277 Å². The van der Waals surface area contributed by atoms with Gasteiger partial charge in [-0.15, -0.1) is 0 Å². The smallest absolute Gasteiger partial charge is 0.462 e. The molecule has 72 heavy (non-hydrogen) atoms. The summed E-state index contributed by atoms with van der Waals surface area (Å²) in [7, 11) is -4.76. The highest BCUT2D eigenvalue weighted by Gasteiger charge is 2.28. The van der Waals surface area contributed by atoms with Crippen molar-refractivity contribution in [1.82, 2.24) is 0 Å². The molecular formula is C60H107O11P. The quantitative estimate of drug-likeness (QED) is 0.0197. The fraction of sp³-hybridized carbons (Fsp3) is 0.783. The first-order chi connectivity index (χ1) is 35.2. The van der Waals surface area contributed by atoms with E-state index in [4.69, 9.17) is 23.3 Å². The van der Waals surface area contributed by atoms with Gasteiger partial charge in [0.1, 0.15) is 12.7 Å². The molecule has 3 unspecified atom stereocenters. The van der Waals surface area contributed by atoms with Gasteiger partial charge in [0.15, 0.2) is 6.10 Å². The second kappa shape index (κ2) is 54.4. The van der Waals surface area contributed by atoms with Crippen molar-refractivity contribution < 1.29 is 52.2 Å². The number of carbonyl (C=O) groups is 3. The van der Waals surface area contributed by atoms with E-state index >= 15 is 0 Å². The molecule has 0 aromatic rings. The number of unbranched alkanes of at least 4 members (excludes halogenated alkanes) is 27. The lowest BCUT2D eigenvalue weighted by molar-refractivity contribution is -0.161. The predicted octanol–water partition coefficient (Wildman–Crippen LogP) is 17.1. The zero-order valence-electron chi connectivity index (χ0n) is 46.1. The Hall–Kier alpha value is -2.82. The summed E-state index contributed by atoms with van der Waals surface area (Å²) in [5.74, 6) is -1.51. The van der Waals surface area contributed by atoms with Gasteiger partial charge < -0.3 is 24.2 Å². The fourth-order valence-corrected chi connectivity index (χ4v) is 8.73. The van der Waals surface area contributed by atoms with E-state index in [1.807, 2.05) is 0 Å². The Morgan fingerprint density at radius 1 is 0.403 bits per heavy atom. The van der Waals surface area contributed by atoms with Crippen LogP contribution < -0.4 is 0 Å². The molecule has 0 aliphatic heterocycles. The van der Waals surface area contributed by atoms with Crippen molar-refractivity contribution in [2.75, 3.05) is 26.4 Å². The summed E-state index contributed by atoms with van der Waals surface area (Å²) in [5.41, 5.74) is 0. The van der Waals surface area contributed by atoms with Crippen LogP contribution in [-0.2, 0) is 42.2 Å². The first-order valence-corrected chi connectivity index (χ1v) is 30.7. The normalized spacial score (nSPS) is 13.8. The van der Waals surface area contributed by atoms with Gasteiger partial charge in [0, 0.05) is 19.3 Å². The van der Waals surface area contributed by atoms with Crippen LogP contribution in [0.4, 0.5) is 0 Å². The van der Waals surface area contributed by atoms with E-state index in [0.717, 1.165) is 109 Å². The van der Waals surface area contributed by atoms with E-state index < -0.39 is 57.8 Å². The molecule has 0 aromatic carbocycles. The summed E-state index contributed by atoms with van der Waals surface area (Å²) >= 11 is 0. The zero-order valence-corrected chi connectivity index (χ0v) is 47.0. The molecule has 11 nitrogen and oxygen atoms in total. The molecule has 418 valence electrons.